The van der Waals surface area contributed by atoms with Gasteiger partial charge in [-0.15, -0.1) is 0 Å². The van der Waals surface area contributed by atoms with Gasteiger partial charge >= 0.3 is 0 Å². The molecule has 0 spiro atoms. The molecule has 1 atom stereocenters. The molecule has 1 unspecified atom stereocenters. The van der Waals surface area contributed by atoms with E-state index in [4.69, 9.17) is 9.47 Å². The number of methoxy groups -OCH3 is 2. The van der Waals surface area contributed by atoms with Crippen LogP contribution in [0.2, 0.25) is 0 Å². The molecule has 0 amide bonds. The minimum atomic E-state index is -0.319. The maximum atomic E-state index is 14.4. The van der Waals surface area contributed by atoms with Crippen LogP contribution in [0.25, 0.3) is 0 Å². The van der Waals surface area contributed by atoms with Gasteiger partial charge in [-0.25, -0.2) is 4.39 Å². The van der Waals surface area contributed by atoms with Gasteiger partial charge in [0.2, 0.25) is 0 Å². The van der Waals surface area contributed by atoms with Gasteiger partial charge in [-0.1, -0.05) is 47.1 Å². The lowest BCUT2D eigenvalue weighted by Gasteiger charge is -2.17. The van der Waals surface area contributed by atoms with Gasteiger partial charge in [-0.3, -0.25) is 0 Å². The Morgan fingerprint density at radius 3 is 2.29 bits per heavy atom. The van der Waals surface area contributed by atoms with E-state index in [0.29, 0.717) is 17.1 Å². The number of benzene rings is 2. The van der Waals surface area contributed by atoms with Crippen molar-refractivity contribution in [3.05, 3.63) is 58.9 Å². The number of rotatable bonds is 5. The minimum Gasteiger partial charge on any atom is -0.493 e. The van der Waals surface area contributed by atoms with E-state index in [1.54, 1.807) is 13.2 Å². The SMILES string of the molecule is CCc1ccccc1C(Br)c1cc(OC)c(OC)cc1F. The molecule has 2 rings (SSSR count). The van der Waals surface area contributed by atoms with Crippen LogP contribution < -0.4 is 9.47 Å². The molecule has 21 heavy (non-hydrogen) atoms. The molecular weight excluding hydrogens is 335 g/mol. The summed E-state index contributed by atoms with van der Waals surface area (Å²) in [6.45, 7) is 2.09. The van der Waals surface area contributed by atoms with Crippen molar-refractivity contribution < 1.29 is 13.9 Å². The van der Waals surface area contributed by atoms with Crippen LogP contribution >= 0.6 is 15.9 Å². The minimum absolute atomic E-state index is 0.228. The first-order valence-corrected chi connectivity index (χ1v) is 7.67. The zero-order valence-electron chi connectivity index (χ0n) is 12.3. The van der Waals surface area contributed by atoms with Crippen molar-refractivity contribution in [1.82, 2.24) is 0 Å². The number of hydrogen-bond acceptors (Lipinski definition) is 2. The van der Waals surface area contributed by atoms with Gasteiger partial charge in [0.15, 0.2) is 11.5 Å². The lowest BCUT2D eigenvalue weighted by molar-refractivity contribution is 0.351. The highest BCUT2D eigenvalue weighted by Crippen LogP contribution is 2.39. The number of aryl methyl sites for hydroxylation is 1. The predicted octanol–water partition coefficient (Wildman–Crippen LogP) is 4.89. The summed E-state index contributed by atoms with van der Waals surface area (Å²) in [5, 5.41) is 0. The van der Waals surface area contributed by atoms with Crippen LogP contribution in [0, 0.1) is 5.82 Å². The second kappa shape index (κ2) is 6.94. The van der Waals surface area contributed by atoms with Gasteiger partial charge in [0.1, 0.15) is 5.82 Å². The van der Waals surface area contributed by atoms with Gasteiger partial charge in [-0.05, 0) is 23.6 Å². The third kappa shape index (κ3) is 3.21. The Kier molecular flexibility index (Phi) is 5.23. The third-order valence-corrected chi connectivity index (χ3v) is 4.47. The summed E-state index contributed by atoms with van der Waals surface area (Å²) < 4.78 is 24.7. The Hall–Kier alpha value is -1.55. The lowest BCUT2D eigenvalue weighted by Crippen LogP contribution is -2.02. The zero-order chi connectivity index (χ0) is 15.4. The summed E-state index contributed by atoms with van der Waals surface area (Å²) in [7, 11) is 3.04. The number of halogens is 2. The van der Waals surface area contributed by atoms with Gasteiger partial charge in [0, 0.05) is 11.6 Å². The molecule has 0 aliphatic carbocycles. The highest BCUT2D eigenvalue weighted by Gasteiger charge is 2.20. The standard InChI is InChI=1S/C17H18BrFO2/c1-4-11-7-5-6-8-12(11)17(18)13-9-15(20-2)16(21-3)10-14(13)19/h5-10,17H,4H2,1-3H3. The lowest BCUT2D eigenvalue weighted by atomic mass is 9.97. The molecule has 4 heteroatoms. The van der Waals surface area contributed by atoms with E-state index >= 15 is 0 Å². The molecule has 2 nitrogen and oxygen atoms in total. The Bertz CT molecular complexity index is 628. The summed E-state index contributed by atoms with van der Waals surface area (Å²) in [4.78, 5) is -0.228. The Morgan fingerprint density at radius 1 is 1.05 bits per heavy atom. The fourth-order valence-electron chi connectivity index (χ4n) is 2.34. The van der Waals surface area contributed by atoms with Crippen LogP contribution in [0.15, 0.2) is 36.4 Å². The highest BCUT2D eigenvalue weighted by atomic mass is 79.9. The molecule has 0 saturated heterocycles. The van der Waals surface area contributed by atoms with E-state index in [1.807, 2.05) is 18.2 Å². The quantitative estimate of drug-likeness (QED) is 0.713. The summed E-state index contributed by atoms with van der Waals surface area (Å²) in [5.74, 6) is 0.593. The maximum absolute atomic E-state index is 14.4. The molecule has 0 aliphatic heterocycles. The molecule has 0 aliphatic rings. The molecule has 0 N–H and O–H groups in total. The van der Waals surface area contributed by atoms with E-state index < -0.39 is 0 Å². The zero-order valence-corrected chi connectivity index (χ0v) is 13.9. The summed E-state index contributed by atoms with van der Waals surface area (Å²) >= 11 is 3.61. The molecule has 2 aromatic rings. The average molecular weight is 353 g/mol. The molecule has 2 aromatic carbocycles. The Morgan fingerprint density at radius 2 is 1.67 bits per heavy atom. The Balaban J connectivity index is 2.50. The summed E-state index contributed by atoms with van der Waals surface area (Å²) in [5.41, 5.74) is 2.79. The molecule has 0 heterocycles. The van der Waals surface area contributed by atoms with Crippen molar-refractivity contribution in [2.75, 3.05) is 14.2 Å². The number of alkyl halides is 1. The first-order chi connectivity index (χ1) is 10.1. The van der Waals surface area contributed by atoms with E-state index in [1.165, 1.54) is 18.7 Å². The van der Waals surface area contributed by atoms with Crippen molar-refractivity contribution in [2.45, 2.75) is 18.2 Å². The second-order valence-corrected chi connectivity index (χ2v) is 5.56. The fourth-order valence-corrected chi connectivity index (χ4v) is 3.13. The molecular formula is C17H18BrFO2. The second-order valence-electron chi connectivity index (χ2n) is 4.64. The topological polar surface area (TPSA) is 18.5 Å². The van der Waals surface area contributed by atoms with Crippen LogP contribution in [-0.4, -0.2) is 14.2 Å². The normalized spacial score (nSPS) is 12.0. The monoisotopic (exact) mass is 352 g/mol. The number of hydrogen-bond donors (Lipinski definition) is 0. The predicted molar refractivity (Wildman–Crippen MR) is 86.1 cm³/mol. The third-order valence-electron chi connectivity index (χ3n) is 3.48. The van der Waals surface area contributed by atoms with E-state index in [2.05, 4.69) is 28.9 Å². The van der Waals surface area contributed by atoms with E-state index in [-0.39, 0.29) is 10.6 Å². The fraction of sp³-hybridized carbons (Fsp3) is 0.294. The van der Waals surface area contributed by atoms with Crippen LogP contribution in [-0.2, 0) is 6.42 Å². The average Bonchev–Trinajstić information content (AvgIpc) is 2.53. The van der Waals surface area contributed by atoms with Crippen molar-refractivity contribution >= 4 is 15.9 Å². The van der Waals surface area contributed by atoms with Gasteiger partial charge in [-0.2, -0.15) is 0 Å². The van der Waals surface area contributed by atoms with E-state index in [0.717, 1.165) is 12.0 Å². The first-order valence-electron chi connectivity index (χ1n) is 6.75. The molecule has 112 valence electrons. The van der Waals surface area contributed by atoms with Gasteiger partial charge in [0.25, 0.3) is 0 Å². The smallest absolute Gasteiger partial charge is 0.163 e. The van der Waals surface area contributed by atoms with Crippen LogP contribution in [0.4, 0.5) is 4.39 Å². The van der Waals surface area contributed by atoms with Crippen LogP contribution in [0.1, 0.15) is 28.4 Å². The van der Waals surface area contributed by atoms with E-state index in [9.17, 15) is 4.39 Å². The first kappa shape index (κ1) is 15.8. The summed E-state index contributed by atoms with van der Waals surface area (Å²) in [6.07, 6.45) is 0.896. The summed E-state index contributed by atoms with van der Waals surface area (Å²) in [6, 6.07) is 11.1. The van der Waals surface area contributed by atoms with Crippen molar-refractivity contribution in [3.8, 4) is 11.5 Å². The molecule has 0 aromatic heterocycles. The molecule has 0 fully saturated rings. The molecule has 0 saturated carbocycles. The largest absolute Gasteiger partial charge is 0.493 e. The highest BCUT2D eigenvalue weighted by molar-refractivity contribution is 9.09. The maximum Gasteiger partial charge on any atom is 0.163 e. The van der Waals surface area contributed by atoms with Crippen molar-refractivity contribution in [2.24, 2.45) is 0 Å². The molecule has 0 radical (unpaired) electrons. The van der Waals surface area contributed by atoms with Crippen molar-refractivity contribution in [1.29, 1.82) is 0 Å². The van der Waals surface area contributed by atoms with Crippen LogP contribution in [0.5, 0.6) is 11.5 Å². The Labute approximate surface area is 133 Å². The van der Waals surface area contributed by atoms with Gasteiger partial charge < -0.3 is 9.47 Å². The molecule has 0 bridgehead atoms. The van der Waals surface area contributed by atoms with Gasteiger partial charge in [0.05, 0.1) is 19.0 Å². The van der Waals surface area contributed by atoms with Crippen LogP contribution in [0.3, 0.4) is 0 Å². The number of ether oxygens (including phenoxy) is 2. The van der Waals surface area contributed by atoms with Crippen molar-refractivity contribution in [3.63, 3.8) is 0 Å².